The molecule has 4 N–H and O–H groups in total. The van der Waals surface area contributed by atoms with E-state index in [0.717, 1.165) is 6.26 Å². The molecular formula is C9H21N3O3S. The lowest BCUT2D eigenvalue weighted by Crippen LogP contribution is -2.30. The molecule has 1 amide bonds. The third-order valence-corrected chi connectivity index (χ3v) is 2.70. The topological polar surface area (TPSA) is 101 Å². The van der Waals surface area contributed by atoms with E-state index in [-0.39, 0.29) is 11.8 Å². The van der Waals surface area contributed by atoms with Gasteiger partial charge < -0.3 is 11.1 Å². The molecule has 0 saturated heterocycles. The van der Waals surface area contributed by atoms with Gasteiger partial charge in [-0.05, 0) is 18.9 Å². The molecule has 16 heavy (non-hydrogen) atoms. The molecule has 0 saturated carbocycles. The Balaban J connectivity index is 3.49. The molecule has 0 rings (SSSR count). The molecule has 7 heteroatoms. The zero-order valence-electron chi connectivity index (χ0n) is 9.82. The minimum absolute atomic E-state index is 0.0442. The Labute approximate surface area is 97.0 Å². The second-order valence-corrected chi connectivity index (χ2v) is 5.75. The van der Waals surface area contributed by atoms with Crippen molar-refractivity contribution in [2.24, 2.45) is 11.7 Å². The van der Waals surface area contributed by atoms with Gasteiger partial charge in [-0.25, -0.2) is 13.1 Å². The summed E-state index contributed by atoms with van der Waals surface area (Å²) in [6.45, 7) is 3.21. The first-order valence-electron chi connectivity index (χ1n) is 5.26. The van der Waals surface area contributed by atoms with E-state index >= 15 is 0 Å². The number of hydrogen-bond donors (Lipinski definition) is 3. The van der Waals surface area contributed by atoms with Gasteiger partial charge in [0.2, 0.25) is 15.9 Å². The molecule has 0 radical (unpaired) electrons. The van der Waals surface area contributed by atoms with Crippen molar-refractivity contribution in [3.63, 3.8) is 0 Å². The second kappa shape index (κ2) is 7.59. The Hall–Kier alpha value is -0.660. The van der Waals surface area contributed by atoms with E-state index in [1.165, 1.54) is 0 Å². The Bertz CT molecular complexity index is 303. The molecule has 0 aliphatic rings. The maximum Gasteiger partial charge on any atom is 0.220 e. The monoisotopic (exact) mass is 251 g/mol. The van der Waals surface area contributed by atoms with E-state index in [2.05, 4.69) is 10.0 Å². The zero-order valence-corrected chi connectivity index (χ0v) is 10.6. The number of nitrogens with one attached hydrogen (secondary N) is 2. The predicted octanol–water partition coefficient (Wildman–Crippen LogP) is -0.973. The minimum Gasteiger partial charge on any atom is -0.356 e. The molecule has 0 aromatic rings. The highest BCUT2D eigenvalue weighted by atomic mass is 32.2. The Morgan fingerprint density at radius 3 is 2.50 bits per heavy atom. The van der Waals surface area contributed by atoms with Crippen LogP contribution in [0.2, 0.25) is 0 Å². The van der Waals surface area contributed by atoms with Crippen LogP contribution in [0.4, 0.5) is 0 Å². The molecule has 0 aromatic carbocycles. The van der Waals surface area contributed by atoms with E-state index in [1.807, 2.05) is 6.92 Å². The zero-order chi connectivity index (χ0) is 12.6. The van der Waals surface area contributed by atoms with Crippen molar-refractivity contribution in [2.75, 3.05) is 25.9 Å². The summed E-state index contributed by atoms with van der Waals surface area (Å²) in [7, 11) is -3.13. The number of carbonyl (C=O) groups is 1. The minimum atomic E-state index is -3.13. The fourth-order valence-corrected chi connectivity index (χ4v) is 1.56. The fraction of sp³-hybridized carbons (Fsp3) is 0.889. The van der Waals surface area contributed by atoms with Crippen LogP contribution in [0.1, 0.15) is 19.8 Å². The Morgan fingerprint density at radius 2 is 2.00 bits per heavy atom. The van der Waals surface area contributed by atoms with Crippen LogP contribution in [-0.2, 0) is 14.8 Å². The van der Waals surface area contributed by atoms with Gasteiger partial charge >= 0.3 is 0 Å². The van der Waals surface area contributed by atoms with E-state index in [0.29, 0.717) is 32.5 Å². The second-order valence-electron chi connectivity index (χ2n) is 3.92. The van der Waals surface area contributed by atoms with Gasteiger partial charge in [-0.3, -0.25) is 4.79 Å². The highest BCUT2D eigenvalue weighted by Gasteiger charge is 2.06. The molecule has 0 aliphatic carbocycles. The molecule has 1 unspecified atom stereocenters. The van der Waals surface area contributed by atoms with Gasteiger partial charge in [0.25, 0.3) is 0 Å². The molecule has 96 valence electrons. The highest BCUT2D eigenvalue weighted by molar-refractivity contribution is 7.88. The Kier molecular flexibility index (Phi) is 7.27. The average molecular weight is 251 g/mol. The van der Waals surface area contributed by atoms with E-state index in [1.54, 1.807) is 0 Å². The number of rotatable bonds is 8. The fourth-order valence-electron chi connectivity index (χ4n) is 1.05. The lowest BCUT2D eigenvalue weighted by molar-refractivity contribution is -0.121. The van der Waals surface area contributed by atoms with E-state index in [9.17, 15) is 13.2 Å². The van der Waals surface area contributed by atoms with Crippen LogP contribution in [0.15, 0.2) is 0 Å². The van der Waals surface area contributed by atoms with Crippen LogP contribution in [-0.4, -0.2) is 40.2 Å². The van der Waals surface area contributed by atoms with Gasteiger partial charge in [0.1, 0.15) is 0 Å². The third-order valence-electron chi connectivity index (χ3n) is 1.98. The largest absolute Gasteiger partial charge is 0.356 e. The number of carbonyl (C=O) groups excluding carboxylic acids is 1. The van der Waals surface area contributed by atoms with E-state index < -0.39 is 10.0 Å². The molecule has 1 atom stereocenters. The summed E-state index contributed by atoms with van der Waals surface area (Å²) in [5, 5.41) is 2.70. The van der Waals surface area contributed by atoms with Crippen molar-refractivity contribution < 1.29 is 13.2 Å². The summed E-state index contributed by atoms with van der Waals surface area (Å²) in [6, 6.07) is 0. The van der Waals surface area contributed by atoms with Crippen molar-refractivity contribution in [3.8, 4) is 0 Å². The van der Waals surface area contributed by atoms with Crippen molar-refractivity contribution in [3.05, 3.63) is 0 Å². The van der Waals surface area contributed by atoms with Gasteiger partial charge in [-0.1, -0.05) is 6.92 Å². The molecule has 0 fully saturated rings. The lowest BCUT2D eigenvalue weighted by Gasteiger charge is -2.09. The van der Waals surface area contributed by atoms with Crippen LogP contribution in [0, 0.1) is 5.92 Å². The summed E-state index contributed by atoms with van der Waals surface area (Å²) in [4.78, 5) is 11.3. The summed E-state index contributed by atoms with van der Waals surface area (Å²) in [6.07, 6.45) is 2.10. The van der Waals surface area contributed by atoms with E-state index in [4.69, 9.17) is 5.73 Å². The van der Waals surface area contributed by atoms with Gasteiger partial charge in [0, 0.05) is 19.5 Å². The van der Waals surface area contributed by atoms with Crippen LogP contribution < -0.4 is 15.8 Å². The lowest BCUT2D eigenvalue weighted by atomic mass is 10.1. The first-order valence-corrected chi connectivity index (χ1v) is 7.15. The van der Waals surface area contributed by atoms with Gasteiger partial charge in [-0.15, -0.1) is 0 Å². The van der Waals surface area contributed by atoms with Crippen LogP contribution in [0.25, 0.3) is 0 Å². The van der Waals surface area contributed by atoms with Crippen molar-refractivity contribution in [1.82, 2.24) is 10.0 Å². The van der Waals surface area contributed by atoms with Crippen LogP contribution in [0.3, 0.4) is 0 Å². The smallest absolute Gasteiger partial charge is 0.220 e. The predicted molar refractivity (Wildman–Crippen MR) is 63.3 cm³/mol. The number of sulfonamides is 1. The first kappa shape index (κ1) is 15.3. The van der Waals surface area contributed by atoms with Gasteiger partial charge in [0.05, 0.1) is 6.26 Å². The number of nitrogens with two attached hydrogens (primary N) is 1. The third kappa shape index (κ3) is 9.88. The Morgan fingerprint density at radius 1 is 1.38 bits per heavy atom. The molecule has 0 aliphatic heterocycles. The normalized spacial score (nSPS) is 13.4. The van der Waals surface area contributed by atoms with Gasteiger partial charge in [0.15, 0.2) is 0 Å². The molecule has 0 bridgehead atoms. The average Bonchev–Trinajstić information content (AvgIpc) is 2.15. The summed E-state index contributed by atoms with van der Waals surface area (Å²) < 4.78 is 23.7. The van der Waals surface area contributed by atoms with Crippen molar-refractivity contribution >= 4 is 15.9 Å². The molecule has 6 nitrogen and oxygen atoms in total. The SMILES string of the molecule is CC(CN)CC(=O)NCCCNS(C)(=O)=O. The van der Waals surface area contributed by atoms with Crippen molar-refractivity contribution in [2.45, 2.75) is 19.8 Å². The van der Waals surface area contributed by atoms with Crippen LogP contribution in [0.5, 0.6) is 0 Å². The summed E-state index contributed by atoms with van der Waals surface area (Å²) in [5.74, 6) is 0.131. The summed E-state index contributed by atoms with van der Waals surface area (Å²) >= 11 is 0. The van der Waals surface area contributed by atoms with Gasteiger partial charge in [-0.2, -0.15) is 0 Å². The standard InChI is InChI=1S/C9H21N3O3S/c1-8(7-10)6-9(13)11-4-3-5-12-16(2,14)15/h8,12H,3-7,10H2,1-2H3,(H,11,13). The molecule has 0 aromatic heterocycles. The highest BCUT2D eigenvalue weighted by Crippen LogP contribution is 1.97. The maximum atomic E-state index is 11.3. The number of amides is 1. The quantitative estimate of drug-likeness (QED) is 0.483. The molecular weight excluding hydrogens is 230 g/mol. The molecule has 0 heterocycles. The van der Waals surface area contributed by atoms with Crippen molar-refractivity contribution in [1.29, 1.82) is 0 Å². The number of hydrogen-bond acceptors (Lipinski definition) is 4. The first-order chi connectivity index (χ1) is 7.35. The maximum absolute atomic E-state index is 11.3. The van der Waals surface area contributed by atoms with Crippen LogP contribution >= 0.6 is 0 Å². The molecule has 0 spiro atoms. The summed E-state index contributed by atoms with van der Waals surface area (Å²) in [5.41, 5.74) is 5.39.